The van der Waals surface area contributed by atoms with E-state index in [2.05, 4.69) is 26.3 Å². The van der Waals surface area contributed by atoms with Gasteiger partial charge >= 0.3 is 5.95 Å². The van der Waals surface area contributed by atoms with Crippen molar-refractivity contribution in [2.75, 3.05) is 33.0 Å². The SMILES string of the molecule is C=CCOCC(OCC=C)=C(OCC=C)OCC=C. The summed E-state index contributed by atoms with van der Waals surface area (Å²) in [5.74, 6) is 0.733. The maximum Gasteiger partial charge on any atom is 0.322 e. The Kier molecular flexibility index (Phi) is 11.2. The van der Waals surface area contributed by atoms with Crippen LogP contribution in [0.3, 0.4) is 0 Å². The zero-order valence-electron chi connectivity index (χ0n) is 11.3. The molecule has 0 aliphatic carbocycles. The van der Waals surface area contributed by atoms with Gasteiger partial charge in [-0.05, 0) is 0 Å². The first-order valence-electron chi connectivity index (χ1n) is 5.93. The summed E-state index contributed by atoms with van der Waals surface area (Å²) in [6.45, 7) is 15.9. The van der Waals surface area contributed by atoms with Gasteiger partial charge in [0.25, 0.3) is 0 Å². The topological polar surface area (TPSA) is 36.9 Å². The fourth-order valence-electron chi connectivity index (χ4n) is 1.03. The van der Waals surface area contributed by atoms with Crippen molar-refractivity contribution in [1.82, 2.24) is 0 Å². The zero-order valence-corrected chi connectivity index (χ0v) is 11.3. The molecule has 0 radical (unpaired) electrons. The molecule has 0 aliphatic heterocycles. The molecule has 0 unspecified atom stereocenters. The lowest BCUT2D eigenvalue weighted by molar-refractivity contribution is 0.0203. The summed E-state index contributed by atoms with van der Waals surface area (Å²) >= 11 is 0. The predicted molar refractivity (Wildman–Crippen MR) is 76.5 cm³/mol. The summed E-state index contributed by atoms with van der Waals surface area (Å²) in [5.41, 5.74) is 0. The van der Waals surface area contributed by atoms with Crippen LogP contribution in [0.5, 0.6) is 0 Å². The highest BCUT2D eigenvalue weighted by Crippen LogP contribution is 2.11. The molecule has 0 spiro atoms. The Morgan fingerprint density at radius 2 is 1.16 bits per heavy atom. The molecule has 0 amide bonds. The highest BCUT2D eigenvalue weighted by molar-refractivity contribution is 4.98. The van der Waals surface area contributed by atoms with E-state index in [1.54, 1.807) is 24.3 Å². The van der Waals surface area contributed by atoms with Gasteiger partial charge in [0.05, 0.1) is 6.61 Å². The van der Waals surface area contributed by atoms with Crippen molar-refractivity contribution in [3.05, 3.63) is 62.3 Å². The second-order valence-corrected chi connectivity index (χ2v) is 3.31. The largest absolute Gasteiger partial charge is 0.484 e. The third-order valence-corrected chi connectivity index (χ3v) is 1.74. The van der Waals surface area contributed by atoms with Crippen LogP contribution in [-0.2, 0) is 18.9 Å². The Labute approximate surface area is 115 Å². The average Bonchev–Trinajstić information content (AvgIpc) is 2.43. The quantitative estimate of drug-likeness (QED) is 0.292. The Bertz CT molecular complexity index is 304. The lowest BCUT2D eigenvalue weighted by Crippen LogP contribution is -2.11. The maximum atomic E-state index is 5.48. The number of ether oxygens (including phenoxy) is 4. The molecule has 4 heteroatoms. The second kappa shape index (κ2) is 12.5. The number of rotatable bonds is 13. The summed E-state index contributed by atoms with van der Waals surface area (Å²) in [7, 11) is 0. The number of hydrogen-bond acceptors (Lipinski definition) is 4. The fourth-order valence-corrected chi connectivity index (χ4v) is 1.03. The van der Waals surface area contributed by atoms with Crippen molar-refractivity contribution >= 4 is 0 Å². The predicted octanol–water partition coefficient (Wildman–Crippen LogP) is 2.97. The van der Waals surface area contributed by atoms with E-state index in [4.69, 9.17) is 18.9 Å². The first-order valence-corrected chi connectivity index (χ1v) is 5.93. The van der Waals surface area contributed by atoms with E-state index in [9.17, 15) is 0 Å². The Morgan fingerprint density at radius 1 is 0.684 bits per heavy atom. The van der Waals surface area contributed by atoms with Crippen molar-refractivity contribution in [3.8, 4) is 0 Å². The fraction of sp³-hybridized carbons (Fsp3) is 0.333. The molecule has 0 fully saturated rings. The molecule has 4 nitrogen and oxygen atoms in total. The highest BCUT2D eigenvalue weighted by atomic mass is 16.7. The van der Waals surface area contributed by atoms with Crippen molar-refractivity contribution in [2.45, 2.75) is 0 Å². The second-order valence-electron chi connectivity index (χ2n) is 3.31. The van der Waals surface area contributed by atoms with E-state index < -0.39 is 0 Å². The van der Waals surface area contributed by atoms with Crippen molar-refractivity contribution < 1.29 is 18.9 Å². The van der Waals surface area contributed by atoms with E-state index in [1.807, 2.05) is 0 Å². The highest BCUT2D eigenvalue weighted by Gasteiger charge is 2.11. The molecular weight excluding hydrogens is 244 g/mol. The molecule has 0 aromatic carbocycles. The summed E-state index contributed by atoms with van der Waals surface area (Å²) < 4.78 is 21.6. The molecule has 0 atom stereocenters. The van der Waals surface area contributed by atoms with Gasteiger partial charge in [0.2, 0.25) is 5.76 Å². The van der Waals surface area contributed by atoms with Crippen LogP contribution in [0, 0.1) is 0 Å². The van der Waals surface area contributed by atoms with E-state index in [-0.39, 0.29) is 12.6 Å². The smallest absolute Gasteiger partial charge is 0.322 e. The molecule has 0 aliphatic rings. The van der Waals surface area contributed by atoms with Gasteiger partial charge in [0, 0.05) is 0 Å². The Hall–Kier alpha value is -1.94. The molecule has 0 rings (SSSR count). The minimum Gasteiger partial charge on any atom is -0.484 e. The molecular formula is C15H22O4. The lowest BCUT2D eigenvalue weighted by atomic mass is 10.5. The zero-order chi connectivity index (χ0) is 14.3. The van der Waals surface area contributed by atoms with Crippen LogP contribution < -0.4 is 0 Å². The minimum absolute atomic E-state index is 0.226. The molecule has 0 N–H and O–H groups in total. The Morgan fingerprint density at radius 3 is 1.63 bits per heavy atom. The van der Waals surface area contributed by atoms with Gasteiger partial charge in [-0.25, -0.2) is 0 Å². The van der Waals surface area contributed by atoms with E-state index >= 15 is 0 Å². The molecule has 0 aromatic rings. The first kappa shape index (κ1) is 17.1. The van der Waals surface area contributed by atoms with Gasteiger partial charge < -0.3 is 18.9 Å². The Balaban J connectivity index is 4.77. The summed E-state index contributed by atoms with van der Waals surface area (Å²) in [5, 5.41) is 0. The van der Waals surface area contributed by atoms with Gasteiger partial charge in [-0.3, -0.25) is 0 Å². The molecule has 0 saturated carbocycles. The molecule has 106 valence electrons. The number of hydrogen-bond donors (Lipinski definition) is 0. The molecule has 0 aromatic heterocycles. The molecule has 0 bridgehead atoms. The maximum absolute atomic E-state index is 5.48. The molecule has 0 heterocycles. The van der Waals surface area contributed by atoms with Gasteiger partial charge in [-0.15, -0.1) is 6.58 Å². The summed E-state index contributed by atoms with van der Waals surface area (Å²) in [4.78, 5) is 0. The van der Waals surface area contributed by atoms with Gasteiger partial charge in [0.15, 0.2) is 0 Å². The minimum atomic E-state index is 0.226. The van der Waals surface area contributed by atoms with Crippen LogP contribution >= 0.6 is 0 Å². The molecule has 0 saturated heterocycles. The van der Waals surface area contributed by atoms with Gasteiger partial charge in [-0.1, -0.05) is 44.0 Å². The standard InChI is InChI=1S/C15H22O4/c1-5-9-16-13-14(17-10-6-2)15(18-11-7-3)19-12-8-4/h5-8H,1-4,9-13H2. The monoisotopic (exact) mass is 266 g/mol. The van der Waals surface area contributed by atoms with Crippen molar-refractivity contribution in [1.29, 1.82) is 0 Å². The third-order valence-electron chi connectivity index (χ3n) is 1.74. The van der Waals surface area contributed by atoms with Gasteiger partial charge in [0.1, 0.15) is 26.4 Å². The van der Waals surface area contributed by atoms with Crippen molar-refractivity contribution in [3.63, 3.8) is 0 Å². The van der Waals surface area contributed by atoms with Crippen LogP contribution in [0.4, 0.5) is 0 Å². The normalized spacial score (nSPS) is 9.05. The van der Waals surface area contributed by atoms with Crippen LogP contribution in [0.1, 0.15) is 0 Å². The van der Waals surface area contributed by atoms with Crippen LogP contribution in [-0.4, -0.2) is 33.0 Å². The van der Waals surface area contributed by atoms with Crippen LogP contribution in [0.15, 0.2) is 62.3 Å². The van der Waals surface area contributed by atoms with E-state index in [0.29, 0.717) is 32.2 Å². The van der Waals surface area contributed by atoms with E-state index in [0.717, 1.165) is 0 Å². The average molecular weight is 266 g/mol. The summed E-state index contributed by atoms with van der Waals surface area (Å²) in [6, 6.07) is 0. The molecule has 19 heavy (non-hydrogen) atoms. The van der Waals surface area contributed by atoms with Crippen LogP contribution in [0.2, 0.25) is 0 Å². The van der Waals surface area contributed by atoms with Crippen molar-refractivity contribution in [2.24, 2.45) is 0 Å². The van der Waals surface area contributed by atoms with Gasteiger partial charge in [-0.2, -0.15) is 0 Å². The van der Waals surface area contributed by atoms with E-state index in [1.165, 1.54) is 0 Å². The lowest BCUT2D eigenvalue weighted by Gasteiger charge is -2.15. The first-order chi connectivity index (χ1) is 9.29. The third kappa shape index (κ3) is 8.74. The summed E-state index contributed by atoms with van der Waals surface area (Å²) in [6.07, 6.45) is 6.52. The van der Waals surface area contributed by atoms with Crippen LogP contribution in [0.25, 0.3) is 0 Å².